The van der Waals surface area contributed by atoms with Crippen LogP contribution in [0.1, 0.15) is 12.8 Å². The third-order valence-electron chi connectivity index (χ3n) is 4.24. The quantitative estimate of drug-likeness (QED) is 0.435. The van der Waals surface area contributed by atoms with E-state index in [9.17, 15) is 33.2 Å². The van der Waals surface area contributed by atoms with Gasteiger partial charge in [-0.15, -0.1) is 11.6 Å². The highest BCUT2D eigenvalue weighted by Crippen LogP contribution is 2.39. The van der Waals surface area contributed by atoms with Gasteiger partial charge in [0, 0.05) is 12.1 Å². The molecule has 11 heteroatoms. The van der Waals surface area contributed by atoms with E-state index in [4.69, 9.17) is 16.7 Å². The lowest BCUT2D eigenvalue weighted by Gasteiger charge is -2.34. The maximum Gasteiger partial charge on any atom is 0.307 e. The fourth-order valence-electron chi connectivity index (χ4n) is 2.94. The highest BCUT2D eigenvalue weighted by molar-refractivity contribution is 7.92. The Morgan fingerprint density at radius 3 is 2.24 bits per heavy atom. The summed E-state index contributed by atoms with van der Waals surface area (Å²) in [5, 5.41) is 26.7. The minimum Gasteiger partial charge on any atom is -0.481 e. The minimum absolute atomic E-state index is 0.327. The molecule has 0 aliphatic heterocycles. The average molecular weight is 392 g/mol. The zero-order valence-electron chi connectivity index (χ0n) is 12.6. The van der Waals surface area contributed by atoms with Crippen molar-refractivity contribution in [3.05, 3.63) is 34.4 Å². The zero-order valence-corrected chi connectivity index (χ0v) is 14.2. The van der Waals surface area contributed by atoms with E-state index >= 15 is 0 Å². The van der Waals surface area contributed by atoms with E-state index in [0.29, 0.717) is 0 Å². The lowest BCUT2D eigenvalue weighted by molar-refractivity contribution is -0.385. The van der Waals surface area contributed by atoms with Crippen LogP contribution in [-0.4, -0.2) is 46.1 Å². The smallest absolute Gasteiger partial charge is 0.307 e. The number of nitro groups is 1. The summed E-state index contributed by atoms with van der Waals surface area (Å²) in [7, 11) is -4.18. The molecule has 0 radical (unpaired) electrons. The first-order valence-corrected chi connectivity index (χ1v) is 9.12. The van der Waals surface area contributed by atoms with Gasteiger partial charge >= 0.3 is 11.9 Å². The van der Waals surface area contributed by atoms with Crippen LogP contribution >= 0.6 is 11.6 Å². The highest BCUT2D eigenvalue weighted by Gasteiger charge is 2.48. The standard InChI is InChI=1S/C14H14ClNO8S/c15-11-5-9(13(17)18)10(14(19)20)6-12(11)25(23,24)8-3-1-2-7(4-8)16(21)22/h1-4,9-12H,5-6H2,(H,17,18)(H,19,20)/t9-,10+,11+,12-/m1/s1. The predicted molar refractivity (Wildman–Crippen MR) is 85.2 cm³/mol. The SMILES string of the molecule is O=C(O)[C@H]1C[C@@H](S(=O)(=O)c2cccc([N+](=O)[O-])c2)[C@@H](Cl)C[C@H]1C(=O)O. The van der Waals surface area contributed by atoms with Crippen LogP contribution in [0.4, 0.5) is 5.69 Å². The van der Waals surface area contributed by atoms with E-state index in [1.54, 1.807) is 0 Å². The van der Waals surface area contributed by atoms with Gasteiger partial charge in [-0.05, 0) is 18.9 Å². The van der Waals surface area contributed by atoms with Gasteiger partial charge in [-0.3, -0.25) is 19.7 Å². The van der Waals surface area contributed by atoms with Gasteiger partial charge in [0.25, 0.3) is 5.69 Å². The molecule has 136 valence electrons. The van der Waals surface area contributed by atoms with Crippen molar-refractivity contribution in [2.45, 2.75) is 28.4 Å². The van der Waals surface area contributed by atoms with E-state index in [1.165, 1.54) is 6.07 Å². The summed E-state index contributed by atoms with van der Waals surface area (Å²) in [5.74, 6) is -5.48. The van der Waals surface area contributed by atoms with Gasteiger partial charge in [0.2, 0.25) is 0 Å². The van der Waals surface area contributed by atoms with Crippen LogP contribution < -0.4 is 0 Å². The molecule has 0 aromatic heterocycles. The van der Waals surface area contributed by atoms with Crippen molar-refractivity contribution in [1.82, 2.24) is 0 Å². The molecule has 1 aromatic carbocycles. The number of carboxylic acids is 2. The van der Waals surface area contributed by atoms with Crippen LogP contribution in [0, 0.1) is 22.0 Å². The van der Waals surface area contributed by atoms with Gasteiger partial charge in [-0.25, -0.2) is 8.42 Å². The Labute approximate surface area is 147 Å². The summed E-state index contributed by atoms with van der Waals surface area (Å²) < 4.78 is 25.5. The van der Waals surface area contributed by atoms with Crippen molar-refractivity contribution in [3.8, 4) is 0 Å². The molecule has 0 unspecified atom stereocenters. The van der Waals surface area contributed by atoms with E-state index < -0.39 is 61.3 Å². The summed E-state index contributed by atoms with van der Waals surface area (Å²) in [5.41, 5.74) is -0.429. The second kappa shape index (κ2) is 6.96. The molecule has 0 saturated heterocycles. The van der Waals surface area contributed by atoms with E-state index in [2.05, 4.69) is 0 Å². The number of nitrogens with zero attached hydrogens (tertiary/aromatic N) is 1. The molecular weight excluding hydrogens is 378 g/mol. The van der Waals surface area contributed by atoms with Crippen molar-refractivity contribution in [2.75, 3.05) is 0 Å². The molecule has 9 nitrogen and oxygen atoms in total. The third kappa shape index (κ3) is 3.74. The third-order valence-corrected chi connectivity index (χ3v) is 7.11. The van der Waals surface area contributed by atoms with Crippen molar-refractivity contribution in [1.29, 1.82) is 0 Å². The number of sulfone groups is 1. The van der Waals surface area contributed by atoms with Crippen LogP contribution in [0.2, 0.25) is 0 Å². The van der Waals surface area contributed by atoms with Crippen LogP contribution in [0.25, 0.3) is 0 Å². The Balaban J connectivity index is 2.42. The topological polar surface area (TPSA) is 152 Å². The van der Waals surface area contributed by atoms with Crippen molar-refractivity contribution in [3.63, 3.8) is 0 Å². The molecule has 0 heterocycles. The first kappa shape index (κ1) is 19.1. The van der Waals surface area contributed by atoms with Crippen molar-refractivity contribution in [2.24, 2.45) is 11.8 Å². The van der Waals surface area contributed by atoms with Crippen LogP contribution in [0.15, 0.2) is 29.2 Å². The molecule has 2 rings (SSSR count). The largest absolute Gasteiger partial charge is 0.481 e. The molecule has 1 aliphatic rings. The van der Waals surface area contributed by atoms with Gasteiger partial charge in [-0.2, -0.15) is 0 Å². The van der Waals surface area contributed by atoms with Gasteiger partial charge in [0.1, 0.15) is 0 Å². The molecule has 0 spiro atoms. The molecule has 1 aliphatic carbocycles. The fourth-order valence-corrected chi connectivity index (χ4v) is 5.50. The second-order valence-electron chi connectivity index (χ2n) is 5.71. The molecule has 0 amide bonds. The van der Waals surface area contributed by atoms with Crippen molar-refractivity contribution >= 4 is 39.1 Å². The van der Waals surface area contributed by atoms with E-state index in [1.807, 2.05) is 0 Å². The molecule has 1 fully saturated rings. The minimum atomic E-state index is -4.18. The number of rotatable bonds is 5. The number of non-ortho nitro benzene ring substituents is 1. The average Bonchev–Trinajstić information content (AvgIpc) is 2.54. The van der Waals surface area contributed by atoms with E-state index in [0.717, 1.165) is 18.2 Å². The molecule has 1 saturated carbocycles. The Morgan fingerprint density at radius 2 is 1.72 bits per heavy atom. The summed E-state index contributed by atoms with van der Waals surface area (Å²) in [4.78, 5) is 32.3. The first-order valence-electron chi connectivity index (χ1n) is 7.13. The van der Waals surface area contributed by atoms with E-state index in [-0.39, 0.29) is 11.3 Å². The maximum absolute atomic E-state index is 12.8. The second-order valence-corrected chi connectivity index (χ2v) is 8.44. The van der Waals surface area contributed by atoms with Crippen LogP contribution in [-0.2, 0) is 19.4 Å². The van der Waals surface area contributed by atoms with Crippen LogP contribution in [0.3, 0.4) is 0 Å². The van der Waals surface area contributed by atoms with Gasteiger partial charge in [0.15, 0.2) is 9.84 Å². The van der Waals surface area contributed by atoms with Gasteiger partial charge < -0.3 is 10.2 Å². The van der Waals surface area contributed by atoms with Crippen molar-refractivity contribution < 1.29 is 33.1 Å². The Kier molecular flexibility index (Phi) is 5.33. The number of aliphatic carboxylic acids is 2. The number of hydrogen-bond donors (Lipinski definition) is 2. The summed E-state index contributed by atoms with van der Waals surface area (Å²) in [6.07, 6.45) is -0.807. The molecule has 1 aromatic rings. The number of carbonyl (C=O) groups is 2. The molecular formula is C14H14ClNO8S. The highest BCUT2D eigenvalue weighted by atomic mass is 35.5. The molecule has 4 atom stereocenters. The maximum atomic E-state index is 12.8. The number of nitro benzene ring substituents is 1. The summed E-state index contributed by atoms with van der Waals surface area (Å²) in [6, 6.07) is 4.35. The number of carboxylic acid groups (broad SMARTS) is 2. The predicted octanol–water partition coefficient (Wildman–Crippen LogP) is 1.54. The fraction of sp³-hybridized carbons (Fsp3) is 0.429. The number of halogens is 1. The number of alkyl halides is 1. The Morgan fingerprint density at radius 1 is 1.16 bits per heavy atom. The van der Waals surface area contributed by atoms with Gasteiger partial charge in [0.05, 0.1) is 32.3 Å². The summed E-state index contributed by atoms with van der Waals surface area (Å²) in [6.45, 7) is 0. The molecule has 25 heavy (non-hydrogen) atoms. The Bertz CT molecular complexity index is 824. The molecule has 2 N–H and O–H groups in total. The number of hydrogen-bond acceptors (Lipinski definition) is 6. The Hall–Kier alpha value is -2.20. The normalized spacial score (nSPS) is 26.8. The van der Waals surface area contributed by atoms with Crippen LogP contribution in [0.5, 0.6) is 0 Å². The lowest BCUT2D eigenvalue weighted by Crippen LogP contribution is -2.46. The lowest BCUT2D eigenvalue weighted by atomic mass is 9.79. The monoisotopic (exact) mass is 391 g/mol. The summed E-state index contributed by atoms with van der Waals surface area (Å²) >= 11 is 6.06. The number of benzene rings is 1. The zero-order chi connectivity index (χ0) is 18.9. The molecule has 0 bridgehead atoms. The first-order chi connectivity index (χ1) is 11.6. The van der Waals surface area contributed by atoms with Gasteiger partial charge in [-0.1, -0.05) is 6.07 Å².